The Kier molecular flexibility index (Phi) is 14.4. The number of hydrogen-bond acceptors (Lipinski definition) is 3. The van der Waals surface area contributed by atoms with E-state index < -0.39 is 0 Å². The van der Waals surface area contributed by atoms with Gasteiger partial charge in [0.25, 0.3) is 0 Å². The SMILES string of the molecule is C#C.C=C/C(=C\CC)OOc1ccc2ccccc2c1-c1c(OC)ccc2ccccc12.CC.CCC. The highest BCUT2D eigenvalue weighted by Gasteiger charge is 2.19. The second-order valence-electron chi connectivity index (χ2n) is 7.62. The molecule has 0 bridgehead atoms. The van der Waals surface area contributed by atoms with E-state index in [1.54, 1.807) is 13.2 Å². The van der Waals surface area contributed by atoms with Crippen molar-refractivity contribution >= 4 is 21.5 Å². The highest BCUT2D eigenvalue weighted by atomic mass is 17.2. The second-order valence-corrected chi connectivity index (χ2v) is 7.62. The van der Waals surface area contributed by atoms with Gasteiger partial charge in [-0.05, 0) is 52.3 Å². The summed E-state index contributed by atoms with van der Waals surface area (Å²) in [6.07, 6.45) is 13.6. The summed E-state index contributed by atoms with van der Waals surface area (Å²) < 4.78 is 5.77. The summed E-state index contributed by atoms with van der Waals surface area (Å²) in [6.45, 7) is 14.1. The Morgan fingerprint density at radius 3 is 1.68 bits per heavy atom. The average molecular weight is 497 g/mol. The van der Waals surface area contributed by atoms with Crippen LogP contribution in [0.2, 0.25) is 0 Å². The van der Waals surface area contributed by atoms with Gasteiger partial charge in [-0.25, -0.2) is 0 Å². The zero-order valence-electron chi connectivity index (χ0n) is 23.1. The van der Waals surface area contributed by atoms with Crippen molar-refractivity contribution in [3.8, 4) is 35.5 Å². The number of allylic oxidation sites excluding steroid dienone is 2. The normalized spacial score (nSPS) is 10.0. The minimum atomic E-state index is 0.585. The van der Waals surface area contributed by atoms with Crippen LogP contribution in [0.5, 0.6) is 11.5 Å². The molecule has 4 aromatic rings. The number of terminal acetylenes is 1. The highest BCUT2D eigenvalue weighted by molar-refractivity contribution is 6.09. The molecule has 0 saturated heterocycles. The molecule has 0 aliphatic rings. The molecule has 0 atom stereocenters. The molecule has 0 saturated carbocycles. The molecular formula is C34H40O3. The van der Waals surface area contributed by atoms with Gasteiger partial charge in [0, 0.05) is 11.1 Å². The highest BCUT2D eigenvalue weighted by Crippen LogP contribution is 2.45. The smallest absolute Gasteiger partial charge is 0.187 e. The number of hydrogen-bond donors (Lipinski definition) is 0. The first kappa shape index (κ1) is 30.9. The van der Waals surface area contributed by atoms with Gasteiger partial charge in [0.1, 0.15) is 5.75 Å². The maximum atomic E-state index is 5.86. The van der Waals surface area contributed by atoms with Gasteiger partial charge in [-0.3, -0.25) is 9.78 Å². The molecule has 4 rings (SSSR count). The van der Waals surface area contributed by atoms with Crippen molar-refractivity contribution in [1.29, 1.82) is 0 Å². The van der Waals surface area contributed by atoms with Gasteiger partial charge in [0.15, 0.2) is 11.5 Å². The van der Waals surface area contributed by atoms with Gasteiger partial charge >= 0.3 is 0 Å². The molecule has 0 heterocycles. The minimum Gasteiger partial charge on any atom is -0.496 e. The summed E-state index contributed by atoms with van der Waals surface area (Å²) >= 11 is 0. The first-order valence-electron chi connectivity index (χ1n) is 12.8. The maximum Gasteiger partial charge on any atom is 0.187 e. The fourth-order valence-corrected chi connectivity index (χ4v) is 3.70. The Morgan fingerprint density at radius 2 is 1.22 bits per heavy atom. The lowest BCUT2D eigenvalue weighted by Crippen LogP contribution is -1.99. The van der Waals surface area contributed by atoms with Crippen LogP contribution in [0.1, 0.15) is 47.5 Å². The zero-order valence-corrected chi connectivity index (χ0v) is 23.1. The summed E-state index contributed by atoms with van der Waals surface area (Å²) in [7, 11) is 1.69. The largest absolute Gasteiger partial charge is 0.496 e. The van der Waals surface area contributed by atoms with Crippen molar-refractivity contribution in [3.05, 3.63) is 97.3 Å². The molecule has 3 nitrogen and oxygen atoms in total. The van der Waals surface area contributed by atoms with Gasteiger partial charge in [-0.2, -0.15) is 0 Å². The van der Waals surface area contributed by atoms with E-state index >= 15 is 0 Å². The van der Waals surface area contributed by atoms with E-state index in [4.69, 9.17) is 14.5 Å². The molecule has 4 aromatic carbocycles. The third-order valence-electron chi connectivity index (χ3n) is 5.09. The van der Waals surface area contributed by atoms with Crippen LogP contribution < -0.4 is 9.62 Å². The van der Waals surface area contributed by atoms with Crippen LogP contribution in [-0.2, 0) is 4.89 Å². The minimum absolute atomic E-state index is 0.585. The van der Waals surface area contributed by atoms with Gasteiger partial charge in [0.2, 0.25) is 0 Å². The molecular weight excluding hydrogens is 456 g/mol. The quantitative estimate of drug-likeness (QED) is 0.0837. The number of ether oxygens (including phenoxy) is 1. The summed E-state index contributed by atoms with van der Waals surface area (Å²) in [5.41, 5.74) is 1.91. The molecule has 0 N–H and O–H groups in total. The van der Waals surface area contributed by atoms with Gasteiger partial charge < -0.3 is 4.74 Å². The molecule has 0 aliphatic heterocycles. The lowest BCUT2D eigenvalue weighted by atomic mass is 9.92. The summed E-state index contributed by atoms with van der Waals surface area (Å²) in [5, 5.41) is 4.40. The molecule has 0 amide bonds. The van der Waals surface area contributed by atoms with E-state index in [0.717, 1.165) is 44.8 Å². The van der Waals surface area contributed by atoms with Crippen LogP contribution in [0.4, 0.5) is 0 Å². The second kappa shape index (κ2) is 17.3. The van der Waals surface area contributed by atoms with Gasteiger partial charge in [0.05, 0.1) is 7.11 Å². The van der Waals surface area contributed by atoms with Crippen LogP contribution in [0.3, 0.4) is 0 Å². The van der Waals surface area contributed by atoms with E-state index in [0.29, 0.717) is 11.5 Å². The van der Waals surface area contributed by atoms with Crippen molar-refractivity contribution in [1.82, 2.24) is 0 Å². The van der Waals surface area contributed by atoms with Crippen LogP contribution in [0.25, 0.3) is 32.7 Å². The fraction of sp³-hybridized carbons (Fsp3) is 0.235. The molecule has 0 spiro atoms. The third-order valence-corrected chi connectivity index (χ3v) is 5.09. The molecule has 0 unspecified atom stereocenters. The van der Waals surface area contributed by atoms with E-state index in [2.05, 4.69) is 63.6 Å². The number of methoxy groups -OCH3 is 1. The van der Waals surface area contributed by atoms with E-state index in [1.807, 2.05) is 69.3 Å². The van der Waals surface area contributed by atoms with Crippen LogP contribution in [0, 0.1) is 12.8 Å². The lowest BCUT2D eigenvalue weighted by molar-refractivity contribution is -0.160. The standard InChI is InChI=1S/C27H24O3.C3H8.C2H6.C2H2/c1-4-10-21(5-2)29-30-25-18-16-20-12-7-9-14-23(20)27(25)26-22-13-8-6-11-19(22)15-17-24(26)28-3;1-3-2;2*1-2/h5-18H,2,4H2,1,3H3;3H2,1-2H3;1-2H3;1-2H/b21-10+;;;. The molecule has 0 fully saturated rings. The Morgan fingerprint density at radius 1 is 0.757 bits per heavy atom. The van der Waals surface area contributed by atoms with Crippen molar-refractivity contribution < 1.29 is 14.5 Å². The number of rotatable bonds is 7. The predicted molar refractivity (Wildman–Crippen MR) is 161 cm³/mol. The van der Waals surface area contributed by atoms with E-state index in [1.165, 1.54) is 6.42 Å². The fourth-order valence-electron chi connectivity index (χ4n) is 3.70. The van der Waals surface area contributed by atoms with E-state index in [-0.39, 0.29) is 0 Å². The van der Waals surface area contributed by atoms with Crippen LogP contribution >= 0.6 is 0 Å². The molecule has 0 aromatic heterocycles. The predicted octanol–water partition coefficient (Wildman–Crippen LogP) is 10.2. The topological polar surface area (TPSA) is 27.7 Å². The number of benzene rings is 4. The van der Waals surface area contributed by atoms with Crippen molar-refractivity contribution in [3.63, 3.8) is 0 Å². The summed E-state index contributed by atoms with van der Waals surface area (Å²) in [6, 6.07) is 24.5. The van der Waals surface area contributed by atoms with Crippen LogP contribution in [-0.4, -0.2) is 7.11 Å². The Bertz CT molecular complexity index is 1300. The molecule has 37 heavy (non-hydrogen) atoms. The van der Waals surface area contributed by atoms with Crippen LogP contribution in [0.15, 0.2) is 97.3 Å². The average Bonchev–Trinajstić information content (AvgIpc) is 2.97. The van der Waals surface area contributed by atoms with Crippen molar-refractivity contribution in [2.24, 2.45) is 0 Å². The van der Waals surface area contributed by atoms with Crippen molar-refractivity contribution in [2.75, 3.05) is 7.11 Å². The molecule has 3 heteroatoms. The summed E-state index contributed by atoms with van der Waals surface area (Å²) in [4.78, 5) is 11.5. The van der Waals surface area contributed by atoms with Gasteiger partial charge in [-0.1, -0.05) is 108 Å². The lowest BCUT2D eigenvalue weighted by Gasteiger charge is -2.18. The first-order chi connectivity index (χ1) is 18.2. The molecule has 194 valence electrons. The number of fused-ring (bicyclic) bond motifs is 2. The van der Waals surface area contributed by atoms with E-state index in [9.17, 15) is 0 Å². The maximum absolute atomic E-state index is 5.86. The zero-order chi connectivity index (χ0) is 27.6. The Labute approximate surface area is 223 Å². The third kappa shape index (κ3) is 7.92. The Hall–Kier alpha value is -4.16. The van der Waals surface area contributed by atoms with Crippen molar-refractivity contribution in [2.45, 2.75) is 47.5 Å². The summed E-state index contributed by atoms with van der Waals surface area (Å²) in [5.74, 6) is 1.98. The Balaban J connectivity index is 0.000000894. The molecule has 0 radical (unpaired) electrons. The molecule has 0 aliphatic carbocycles. The first-order valence-corrected chi connectivity index (χ1v) is 12.8. The van der Waals surface area contributed by atoms with Gasteiger partial charge in [-0.15, -0.1) is 12.8 Å². The monoisotopic (exact) mass is 496 g/mol.